The van der Waals surface area contributed by atoms with Gasteiger partial charge in [0.15, 0.2) is 0 Å². The third-order valence-corrected chi connectivity index (χ3v) is 6.73. The second kappa shape index (κ2) is 3.91. The lowest BCUT2D eigenvalue weighted by Crippen LogP contribution is -2.17. The number of hydrogen-bond acceptors (Lipinski definition) is 1. The highest BCUT2D eigenvalue weighted by atomic mass is 32.3. The Hall–Kier alpha value is 0.700. The zero-order valence-corrected chi connectivity index (χ0v) is 9.60. The first kappa shape index (κ1) is 10.7. The summed E-state index contributed by atoms with van der Waals surface area (Å²) in [7, 11) is -0.351. The molecule has 0 aromatic heterocycles. The van der Waals surface area contributed by atoms with Gasteiger partial charge in [-0.05, 0) is 30.9 Å². The molecule has 1 unspecified atom stereocenters. The Kier molecular flexibility index (Phi) is 4.19. The van der Waals surface area contributed by atoms with Gasteiger partial charge < -0.3 is 0 Å². The summed E-state index contributed by atoms with van der Waals surface area (Å²) in [6, 6.07) is 0. The predicted molar refractivity (Wildman–Crippen MR) is 57.5 cm³/mol. The van der Waals surface area contributed by atoms with Gasteiger partial charge in [-0.3, -0.25) is 0 Å². The summed E-state index contributed by atoms with van der Waals surface area (Å²) in [5.41, 5.74) is 0. The van der Waals surface area contributed by atoms with E-state index in [1.165, 1.54) is 0 Å². The second-order valence-electron chi connectivity index (χ2n) is 3.78. The molecule has 0 amide bonds. The van der Waals surface area contributed by atoms with Crippen LogP contribution in [0.15, 0.2) is 0 Å². The van der Waals surface area contributed by atoms with Gasteiger partial charge in [0.05, 0.1) is 0 Å². The predicted octanol–water partition coefficient (Wildman–Crippen LogP) is 3.03. The molecule has 1 atom stereocenters. The molecule has 0 spiro atoms. The molecule has 64 valence electrons. The molecule has 0 saturated carbocycles. The molecule has 0 aliphatic heterocycles. The van der Waals surface area contributed by atoms with Crippen LogP contribution in [0.3, 0.4) is 0 Å². The van der Waals surface area contributed by atoms with E-state index in [2.05, 4.69) is 38.9 Å². The fourth-order valence-corrected chi connectivity index (χ4v) is 5.86. The molecule has 0 N–H and O–H groups in total. The molecular formula is C8H20S2. The monoisotopic (exact) mass is 180 g/mol. The van der Waals surface area contributed by atoms with Crippen LogP contribution >= 0.6 is 21.8 Å². The number of thioether (sulfide) groups is 1. The first-order chi connectivity index (χ1) is 4.39. The molecule has 0 aliphatic carbocycles. The second-order valence-corrected chi connectivity index (χ2v) is 9.43. The van der Waals surface area contributed by atoms with Crippen LogP contribution in [0.1, 0.15) is 13.8 Å². The Morgan fingerprint density at radius 3 is 1.50 bits per heavy atom. The highest BCUT2D eigenvalue weighted by Gasteiger charge is 2.21. The Labute approximate surface area is 71.5 Å². The van der Waals surface area contributed by atoms with Crippen molar-refractivity contribution < 1.29 is 0 Å². The van der Waals surface area contributed by atoms with Crippen LogP contribution in [0.2, 0.25) is 0 Å². The first-order valence-corrected chi connectivity index (χ1v) is 7.80. The summed E-state index contributed by atoms with van der Waals surface area (Å²) in [5.74, 6) is 0.824. The van der Waals surface area contributed by atoms with Gasteiger partial charge in [-0.2, -0.15) is 11.8 Å². The summed E-state index contributed by atoms with van der Waals surface area (Å²) in [6.45, 7) is 4.64. The molecular weight excluding hydrogens is 160 g/mol. The molecule has 0 aromatic carbocycles. The van der Waals surface area contributed by atoms with Gasteiger partial charge in [0, 0.05) is 4.58 Å². The maximum absolute atomic E-state index is 2.40. The van der Waals surface area contributed by atoms with Crippen molar-refractivity contribution >= 4 is 21.8 Å². The molecule has 10 heavy (non-hydrogen) atoms. The van der Waals surface area contributed by atoms with Crippen molar-refractivity contribution in [1.29, 1.82) is 0 Å². The van der Waals surface area contributed by atoms with Crippen molar-refractivity contribution in [2.24, 2.45) is 5.92 Å². The molecule has 0 radical (unpaired) electrons. The van der Waals surface area contributed by atoms with Gasteiger partial charge in [0.1, 0.15) is 0 Å². The first-order valence-electron chi connectivity index (χ1n) is 3.59. The zero-order chi connectivity index (χ0) is 8.36. The van der Waals surface area contributed by atoms with E-state index >= 15 is 0 Å². The molecule has 0 fully saturated rings. The van der Waals surface area contributed by atoms with E-state index < -0.39 is 0 Å². The van der Waals surface area contributed by atoms with E-state index in [4.69, 9.17) is 0 Å². The fraction of sp³-hybridized carbons (Fsp3) is 1.00. The number of rotatable bonds is 3. The van der Waals surface area contributed by atoms with E-state index in [-0.39, 0.29) is 10.0 Å². The Balaban J connectivity index is 4.07. The maximum atomic E-state index is 2.40. The molecule has 0 nitrogen and oxygen atoms in total. The van der Waals surface area contributed by atoms with Crippen LogP contribution in [-0.4, -0.2) is 29.6 Å². The smallest absolute Gasteiger partial charge is 0.0362 e. The SMILES string of the molecule is CSC(C(C)C)S(C)(C)C. The van der Waals surface area contributed by atoms with Crippen LogP contribution in [0.5, 0.6) is 0 Å². The third-order valence-electron chi connectivity index (χ3n) is 1.47. The van der Waals surface area contributed by atoms with Crippen LogP contribution < -0.4 is 0 Å². The lowest BCUT2D eigenvalue weighted by molar-refractivity contribution is 0.717. The Morgan fingerprint density at radius 2 is 1.50 bits per heavy atom. The maximum Gasteiger partial charge on any atom is 0.0362 e. The van der Waals surface area contributed by atoms with Crippen molar-refractivity contribution in [3.63, 3.8) is 0 Å². The van der Waals surface area contributed by atoms with Crippen molar-refractivity contribution in [1.82, 2.24) is 0 Å². The largest absolute Gasteiger partial charge is 0.238 e. The van der Waals surface area contributed by atoms with Crippen LogP contribution in [0, 0.1) is 5.92 Å². The van der Waals surface area contributed by atoms with Crippen LogP contribution in [0.25, 0.3) is 0 Å². The van der Waals surface area contributed by atoms with Crippen molar-refractivity contribution in [2.45, 2.75) is 18.4 Å². The minimum atomic E-state index is -0.351. The highest BCUT2D eigenvalue weighted by molar-refractivity contribution is 8.39. The van der Waals surface area contributed by atoms with Gasteiger partial charge in [-0.25, -0.2) is 10.0 Å². The van der Waals surface area contributed by atoms with Gasteiger partial charge in [0.2, 0.25) is 0 Å². The van der Waals surface area contributed by atoms with Crippen molar-refractivity contribution in [3.8, 4) is 0 Å². The topological polar surface area (TPSA) is 0 Å². The molecule has 0 rings (SSSR count). The molecule has 0 saturated heterocycles. The molecule has 0 heterocycles. The Bertz CT molecular complexity index is 91.9. The third kappa shape index (κ3) is 3.20. The number of hydrogen-bond donors (Lipinski definition) is 0. The van der Waals surface area contributed by atoms with Gasteiger partial charge in [0.25, 0.3) is 0 Å². The van der Waals surface area contributed by atoms with E-state index in [9.17, 15) is 0 Å². The fourth-order valence-electron chi connectivity index (χ4n) is 1.38. The van der Waals surface area contributed by atoms with E-state index in [0.29, 0.717) is 0 Å². The highest BCUT2D eigenvalue weighted by Crippen LogP contribution is 2.49. The summed E-state index contributed by atoms with van der Waals surface area (Å²) in [4.78, 5) is 0. The summed E-state index contributed by atoms with van der Waals surface area (Å²) >= 11 is 2.02. The summed E-state index contributed by atoms with van der Waals surface area (Å²) in [5, 5.41) is 0. The molecule has 0 aliphatic rings. The molecule has 2 heteroatoms. The molecule has 0 bridgehead atoms. The van der Waals surface area contributed by atoms with Gasteiger partial charge in [-0.15, -0.1) is 0 Å². The van der Waals surface area contributed by atoms with E-state index in [0.717, 1.165) is 10.5 Å². The normalized spacial score (nSPS) is 17.5. The van der Waals surface area contributed by atoms with Gasteiger partial charge >= 0.3 is 0 Å². The van der Waals surface area contributed by atoms with Gasteiger partial charge in [-0.1, -0.05) is 13.8 Å². The summed E-state index contributed by atoms with van der Waals surface area (Å²) < 4.78 is 0.868. The van der Waals surface area contributed by atoms with E-state index in [1.54, 1.807) is 0 Å². The lowest BCUT2D eigenvalue weighted by atomic mass is 10.3. The Morgan fingerprint density at radius 1 is 1.10 bits per heavy atom. The average Bonchev–Trinajstić information content (AvgIpc) is 1.60. The van der Waals surface area contributed by atoms with Crippen LogP contribution in [0.4, 0.5) is 0 Å². The van der Waals surface area contributed by atoms with Crippen molar-refractivity contribution in [2.75, 3.05) is 25.0 Å². The van der Waals surface area contributed by atoms with E-state index in [1.807, 2.05) is 11.8 Å². The molecule has 0 aromatic rings. The summed E-state index contributed by atoms with van der Waals surface area (Å²) in [6.07, 6.45) is 9.42. The minimum absolute atomic E-state index is 0.351. The quantitative estimate of drug-likeness (QED) is 0.643. The standard InChI is InChI=1S/C8H20S2/c1-7(2)8(9-3)10(4,5)6/h7-8H,1-6H3. The minimum Gasteiger partial charge on any atom is -0.238 e. The zero-order valence-electron chi connectivity index (χ0n) is 7.97. The average molecular weight is 180 g/mol. The van der Waals surface area contributed by atoms with Crippen LogP contribution in [-0.2, 0) is 0 Å². The van der Waals surface area contributed by atoms with Crippen molar-refractivity contribution in [3.05, 3.63) is 0 Å². The lowest BCUT2D eigenvalue weighted by Gasteiger charge is -2.37.